The minimum atomic E-state index is -3.44. The van der Waals surface area contributed by atoms with Crippen LogP contribution < -0.4 is 0 Å². The van der Waals surface area contributed by atoms with Gasteiger partial charge in [-0.05, 0) is 18.6 Å². The summed E-state index contributed by atoms with van der Waals surface area (Å²) in [5, 5.41) is 12.4. The number of hydrogen-bond donors (Lipinski definition) is 1. The third-order valence-electron chi connectivity index (χ3n) is 2.53. The van der Waals surface area contributed by atoms with Crippen LogP contribution in [0.15, 0.2) is 33.7 Å². The lowest BCUT2D eigenvalue weighted by Gasteiger charge is -2.05. The van der Waals surface area contributed by atoms with Gasteiger partial charge in [0.15, 0.2) is 9.84 Å². The van der Waals surface area contributed by atoms with E-state index in [0.29, 0.717) is 5.56 Å². The summed E-state index contributed by atoms with van der Waals surface area (Å²) in [6, 6.07) is 6.01. The van der Waals surface area contributed by atoms with Crippen molar-refractivity contribution in [3.8, 4) is 11.3 Å². The van der Waals surface area contributed by atoms with Crippen molar-refractivity contribution in [3.05, 3.63) is 35.6 Å². The summed E-state index contributed by atoms with van der Waals surface area (Å²) in [6.07, 6.45) is 1.09. The lowest BCUT2D eigenvalue weighted by atomic mass is 10.1. The Morgan fingerprint density at radius 2 is 2.00 bits per heavy atom. The first kappa shape index (κ1) is 13.3. The van der Waals surface area contributed by atoms with Gasteiger partial charge in [0.05, 0.1) is 4.90 Å². The minimum absolute atomic E-state index is 0.0951. The van der Waals surface area contributed by atoms with Crippen molar-refractivity contribution < 1.29 is 22.8 Å². The van der Waals surface area contributed by atoms with Gasteiger partial charge >= 0.3 is 5.97 Å². The van der Waals surface area contributed by atoms with Crippen LogP contribution in [0.3, 0.4) is 0 Å². The van der Waals surface area contributed by atoms with E-state index in [1.807, 2.05) is 0 Å². The molecule has 2 rings (SSSR count). The Balaban J connectivity index is 2.65. The summed E-state index contributed by atoms with van der Waals surface area (Å²) in [4.78, 5) is 10.8. The van der Waals surface area contributed by atoms with Crippen molar-refractivity contribution in [2.24, 2.45) is 0 Å². The molecular formula is C12H11NO5S. The first-order valence-corrected chi connectivity index (χ1v) is 7.19. The van der Waals surface area contributed by atoms with E-state index in [1.165, 1.54) is 12.1 Å². The monoisotopic (exact) mass is 281 g/mol. The third kappa shape index (κ3) is 2.65. The fourth-order valence-corrected chi connectivity index (χ4v) is 2.62. The first-order chi connectivity index (χ1) is 8.79. The molecular weight excluding hydrogens is 270 g/mol. The van der Waals surface area contributed by atoms with E-state index in [-0.39, 0.29) is 16.3 Å². The van der Waals surface area contributed by atoms with Crippen LogP contribution in [0.2, 0.25) is 0 Å². The van der Waals surface area contributed by atoms with E-state index in [9.17, 15) is 13.2 Å². The highest BCUT2D eigenvalue weighted by atomic mass is 32.2. The fraction of sp³-hybridized carbons (Fsp3) is 0.167. The largest absolute Gasteiger partial charge is 0.475 e. The molecule has 0 radical (unpaired) electrons. The molecule has 0 aliphatic carbocycles. The Labute approximate surface area is 109 Å². The molecule has 1 N–H and O–H groups in total. The summed E-state index contributed by atoms with van der Waals surface area (Å²) < 4.78 is 28.1. The van der Waals surface area contributed by atoms with Crippen LogP contribution in [0.1, 0.15) is 16.1 Å². The molecule has 7 heteroatoms. The Bertz CT molecular complexity index is 745. The molecule has 0 amide bonds. The predicted molar refractivity (Wildman–Crippen MR) is 66.7 cm³/mol. The SMILES string of the molecule is Cc1ccc(-c2cc(C(=O)O)on2)c(S(C)(=O)=O)c1. The highest BCUT2D eigenvalue weighted by Gasteiger charge is 2.19. The third-order valence-corrected chi connectivity index (χ3v) is 3.67. The van der Waals surface area contributed by atoms with Gasteiger partial charge in [0.25, 0.3) is 0 Å². The van der Waals surface area contributed by atoms with Gasteiger partial charge < -0.3 is 9.63 Å². The summed E-state index contributed by atoms with van der Waals surface area (Å²) in [5.74, 6) is -1.60. The quantitative estimate of drug-likeness (QED) is 0.920. The first-order valence-electron chi connectivity index (χ1n) is 5.30. The number of carboxylic acids is 1. The van der Waals surface area contributed by atoms with E-state index < -0.39 is 15.8 Å². The van der Waals surface area contributed by atoms with E-state index in [0.717, 1.165) is 11.8 Å². The number of benzene rings is 1. The smallest absolute Gasteiger partial charge is 0.374 e. The van der Waals surface area contributed by atoms with Crippen molar-refractivity contribution in [1.29, 1.82) is 0 Å². The molecule has 1 heterocycles. The number of rotatable bonds is 3. The van der Waals surface area contributed by atoms with E-state index in [2.05, 4.69) is 9.68 Å². The normalized spacial score (nSPS) is 11.5. The highest BCUT2D eigenvalue weighted by molar-refractivity contribution is 7.90. The second-order valence-electron chi connectivity index (χ2n) is 4.15. The molecule has 0 aliphatic heterocycles. The molecule has 0 spiro atoms. The van der Waals surface area contributed by atoms with Crippen molar-refractivity contribution >= 4 is 15.8 Å². The Morgan fingerprint density at radius 1 is 1.32 bits per heavy atom. The second kappa shape index (κ2) is 4.51. The van der Waals surface area contributed by atoms with Crippen molar-refractivity contribution in [2.45, 2.75) is 11.8 Å². The molecule has 0 bridgehead atoms. The number of hydrogen-bond acceptors (Lipinski definition) is 5. The number of sulfone groups is 1. The molecule has 100 valence electrons. The van der Waals surface area contributed by atoms with Crippen molar-refractivity contribution in [1.82, 2.24) is 5.16 Å². The average molecular weight is 281 g/mol. The standard InChI is InChI=1S/C12H11NO5S/c1-7-3-4-8(11(5-7)19(2,16)17)9-6-10(12(14)15)18-13-9/h3-6H,1-2H3,(H,14,15). The molecule has 19 heavy (non-hydrogen) atoms. The fourth-order valence-electron chi connectivity index (χ4n) is 1.65. The van der Waals surface area contributed by atoms with Crippen LogP contribution in [0.25, 0.3) is 11.3 Å². The van der Waals surface area contributed by atoms with E-state index in [1.54, 1.807) is 19.1 Å². The maximum atomic E-state index is 11.7. The Morgan fingerprint density at radius 3 is 2.53 bits per heavy atom. The number of nitrogens with zero attached hydrogens (tertiary/aromatic N) is 1. The van der Waals surface area contributed by atoms with Gasteiger partial charge in [-0.3, -0.25) is 0 Å². The summed E-state index contributed by atoms with van der Waals surface area (Å²) in [6.45, 7) is 1.77. The molecule has 0 atom stereocenters. The zero-order valence-electron chi connectivity index (χ0n) is 10.2. The Hall–Kier alpha value is -2.15. The topological polar surface area (TPSA) is 97.5 Å². The molecule has 1 aromatic heterocycles. The minimum Gasteiger partial charge on any atom is -0.475 e. The molecule has 0 fully saturated rings. The summed E-state index contributed by atoms with van der Waals surface area (Å²) in [7, 11) is -3.44. The van der Waals surface area contributed by atoms with Gasteiger partial charge in [-0.25, -0.2) is 13.2 Å². The van der Waals surface area contributed by atoms with Crippen LogP contribution in [0.5, 0.6) is 0 Å². The van der Waals surface area contributed by atoms with E-state index >= 15 is 0 Å². The lowest BCUT2D eigenvalue weighted by Crippen LogP contribution is -2.00. The molecule has 0 aliphatic rings. The highest BCUT2D eigenvalue weighted by Crippen LogP contribution is 2.28. The zero-order chi connectivity index (χ0) is 14.2. The van der Waals surface area contributed by atoms with Gasteiger partial charge in [-0.2, -0.15) is 0 Å². The van der Waals surface area contributed by atoms with Crippen molar-refractivity contribution in [3.63, 3.8) is 0 Å². The summed E-state index contributed by atoms with van der Waals surface area (Å²) >= 11 is 0. The Kier molecular flexibility index (Phi) is 3.15. The van der Waals surface area contributed by atoms with E-state index in [4.69, 9.17) is 5.11 Å². The van der Waals surface area contributed by atoms with Crippen LogP contribution >= 0.6 is 0 Å². The predicted octanol–water partition coefficient (Wildman–Crippen LogP) is 1.75. The summed E-state index contributed by atoms with van der Waals surface area (Å²) in [5.41, 5.74) is 1.29. The van der Waals surface area contributed by atoms with Gasteiger partial charge in [0.1, 0.15) is 5.69 Å². The number of carboxylic acid groups (broad SMARTS) is 1. The number of aromatic nitrogens is 1. The molecule has 6 nitrogen and oxygen atoms in total. The molecule has 0 saturated carbocycles. The second-order valence-corrected chi connectivity index (χ2v) is 6.14. The van der Waals surface area contributed by atoms with Gasteiger partial charge in [-0.15, -0.1) is 0 Å². The molecule has 0 unspecified atom stereocenters. The van der Waals surface area contributed by atoms with Crippen LogP contribution in [0, 0.1) is 6.92 Å². The lowest BCUT2D eigenvalue weighted by molar-refractivity contribution is 0.0652. The number of aromatic carboxylic acids is 1. The average Bonchev–Trinajstić information content (AvgIpc) is 2.77. The number of carbonyl (C=O) groups is 1. The van der Waals surface area contributed by atoms with Gasteiger partial charge in [0, 0.05) is 17.9 Å². The maximum Gasteiger partial charge on any atom is 0.374 e. The zero-order valence-corrected chi connectivity index (χ0v) is 11.1. The van der Waals surface area contributed by atoms with Crippen molar-refractivity contribution in [2.75, 3.05) is 6.26 Å². The van der Waals surface area contributed by atoms with Crippen LogP contribution in [-0.2, 0) is 9.84 Å². The van der Waals surface area contributed by atoms with Gasteiger partial charge in [0.2, 0.25) is 5.76 Å². The molecule has 0 saturated heterocycles. The van der Waals surface area contributed by atoms with Crippen LogP contribution in [-0.4, -0.2) is 30.9 Å². The number of aryl methyl sites for hydroxylation is 1. The molecule has 1 aromatic carbocycles. The molecule has 2 aromatic rings. The van der Waals surface area contributed by atoms with Gasteiger partial charge in [-0.1, -0.05) is 17.3 Å². The maximum absolute atomic E-state index is 11.7. The van der Waals surface area contributed by atoms with Crippen LogP contribution in [0.4, 0.5) is 0 Å².